The number of aromatic nitrogens is 2. The summed E-state index contributed by atoms with van der Waals surface area (Å²) in [5.74, 6) is -0.655. The molecule has 11 nitrogen and oxygen atoms in total. The van der Waals surface area contributed by atoms with E-state index in [1.807, 2.05) is 36.5 Å². The molecule has 40 heavy (non-hydrogen) atoms. The molecular formula is C29H27N5O6. The molecule has 204 valence electrons. The summed E-state index contributed by atoms with van der Waals surface area (Å²) in [7, 11) is 6.15. The highest BCUT2D eigenvalue weighted by atomic mass is 16.6. The molecule has 3 heterocycles. The summed E-state index contributed by atoms with van der Waals surface area (Å²) in [6.07, 6.45) is 1.20. The van der Waals surface area contributed by atoms with Crippen molar-refractivity contribution in [2.75, 3.05) is 33.6 Å². The first kappa shape index (κ1) is 26.4. The molecule has 1 saturated heterocycles. The van der Waals surface area contributed by atoms with Crippen molar-refractivity contribution in [1.29, 1.82) is 0 Å². The Morgan fingerprint density at radius 1 is 1.07 bits per heavy atom. The molecule has 4 aromatic rings. The lowest BCUT2D eigenvalue weighted by atomic mass is 9.99. The summed E-state index contributed by atoms with van der Waals surface area (Å²) in [5.41, 5.74) is 4.38. The predicted octanol–water partition coefficient (Wildman–Crippen LogP) is 3.91. The average molecular weight is 542 g/mol. The van der Waals surface area contributed by atoms with E-state index < -0.39 is 24.0 Å². The SMILES string of the molecule is COc1ccccc1-c1c[nH]c2ncc(-c3ccc(NC(=O)O[C@H]4CC(=O)N(C)C4=O)c(C(=O)N(C)C)c3)cc12. The average Bonchev–Trinajstić information content (AvgIpc) is 3.48. The minimum atomic E-state index is -1.21. The lowest BCUT2D eigenvalue weighted by molar-refractivity contribution is -0.139. The molecule has 0 radical (unpaired) electrons. The van der Waals surface area contributed by atoms with Crippen LogP contribution < -0.4 is 10.1 Å². The van der Waals surface area contributed by atoms with Crippen LogP contribution in [0.4, 0.5) is 10.5 Å². The normalized spacial score (nSPS) is 14.9. The number of fused-ring (bicyclic) bond motifs is 1. The van der Waals surface area contributed by atoms with Crippen molar-refractivity contribution in [3.63, 3.8) is 0 Å². The van der Waals surface area contributed by atoms with Crippen LogP contribution in [-0.4, -0.2) is 77.9 Å². The molecule has 1 aliphatic rings. The van der Waals surface area contributed by atoms with E-state index >= 15 is 0 Å². The number of para-hydroxylation sites is 1. The van der Waals surface area contributed by atoms with E-state index in [2.05, 4.69) is 15.3 Å². The Kier molecular flexibility index (Phi) is 6.95. The Hall–Kier alpha value is -5.19. The molecule has 2 aromatic heterocycles. The van der Waals surface area contributed by atoms with Gasteiger partial charge in [-0.25, -0.2) is 9.78 Å². The highest BCUT2D eigenvalue weighted by Crippen LogP contribution is 2.36. The van der Waals surface area contributed by atoms with Gasteiger partial charge in [-0.3, -0.25) is 24.6 Å². The summed E-state index contributed by atoms with van der Waals surface area (Å²) < 4.78 is 10.7. The van der Waals surface area contributed by atoms with Gasteiger partial charge in [0, 0.05) is 55.6 Å². The zero-order valence-corrected chi connectivity index (χ0v) is 22.3. The van der Waals surface area contributed by atoms with Crippen LogP contribution in [0.15, 0.2) is 60.9 Å². The highest BCUT2D eigenvalue weighted by molar-refractivity contribution is 6.07. The second kappa shape index (κ2) is 10.5. The van der Waals surface area contributed by atoms with Crippen molar-refractivity contribution in [1.82, 2.24) is 19.8 Å². The molecule has 11 heteroatoms. The summed E-state index contributed by atoms with van der Waals surface area (Å²) in [5, 5.41) is 3.42. The van der Waals surface area contributed by atoms with Crippen LogP contribution >= 0.6 is 0 Å². The Labute approximate surface area is 229 Å². The fraction of sp³-hybridized carbons (Fsp3) is 0.207. The maximum atomic E-state index is 13.1. The topological polar surface area (TPSA) is 134 Å². The van der Waals surface area contributed by atoms with Crippen LogP contribution in [0.5, 0.6) is 5.75 Å². The van der Waals surface area contributed by atoms with Crippen LogP contribution in [0.2, 0.25) is 0 Å². The molecular weight excluding hydrogens is 514 g/mol. The number of imide groups is 1. The van der Waals surface area contributed by atoms with Gasteiger partial charge in [-0.1, -0.05) is 24.3 Å². The number of hydrogen-bond donors (Lipinski definition) is 2. The highest BCUT2D eigenvalue weighted by Gasteiger charge is 2.39. The van der Waals surface area contributed by atoms with Gasteiger partial charge in [0.2, 0.25) is 5.91 Å². The number of nitrogens with one attached hydrogen (secondary N) is 2. The van der Waals surface area contributed by atoms with E-state index in [-0.39, 0.29) is 23.6 Å². The number of anilines is 1. The van der Waals surface area contributed by atoms with Crippen molar-refractivity contribution >= 4 is 40.5 Å². The molecule has 0 bridgehead atoms. The quantitative estimate of drug-likeness (QED) is 0.354. The minimum Gasteiger partial charge on any atom is -0.496 e. The number of likely N-dealkylation sites (N-methyl/N-ethyl adjacent to an activating group) is 1. The number of H-pyrrole nitrogens is 1. The smallest absolute Gasteiger partial charge is 0.412 e. The fourth-order valence-electron chi connectivity index (χ4n) is 4.58. The Balaban J connectivity index is 1.48. The van der Waals surface area contributed by atoms with Gasteiger partial charge in [-0.05, 0) is 29.8 Å². The zero-order chi connectivity index (χ0) is 28.6. The standard InChI is InChI=1S/C29H27N5O6/c1-33(2)27(36)20-11-16(9-10-22(20)32-29(38)40-24-13-25(35)34(3)28(24)37)17-12-19-21(15-31-26(19)30-14-17)18-7-5-6-8-23(18)39-4/h5-12,14-15,24H,13H2,1-4H3,(H,30,31)(H,32,38)/t24-/m0/s1. The molecule has 1 atom stereocenters. The molecule has 4 amide bonds. The van der Waals surface area contributed by atoms with Crippen LogP contribution in [0.25, 0.3) is 33.3 Å². The van der Waals surface area contributed by atoms with E-state index in [9.17, 15) is 19.2 Å². The number of ether oxygens (including phenoxy) is 2. The number of nitrogens with zero attached hydrogens (tertiary/aromatic N) is 3. The van der Waals surface area contributed by atoms with Gasteiger partial charge in [-0.15, -0.1) is 0 Å². The third kappa shape index (κ3) is 4.84. The Morgan fingerprint density at radius 3 is 2.55 bits per heavy atom. The summed E-state index contributed by atoms with van der Waals surface area (Å²) >= 11 is 0. The second-order valence-corrected chi connectivity index (χ2v) is 9.50. The number of carbonyl (C=O) groups is 4. The number of rotatable bonds is 6. The molecule has 0 spiro atoms. The number of carbonyl (C=O) groups excluding carboxylic acids is 4. The molecule has 0 unspecified atom stereocenters. The summed E-state index contributed by atoms with van der Waals surface area (Å²) in [4.78, 5) is 59.6. The maximum absolute atomic E-state index is 13.1. The minimum absolute atomic E-state index is 0.197. The third-order valence-electron chi connectivity index (χ3n) is 6.74. The molecule has 1 aliphatic heterocycles. The maximum Gasteiger partial charge on any atom is 0.412 e. The van der Waals surface area contributed by atoms with Gasteiger partial charge in [0.1, 0.15) is 11.4 Å². The van der Waals surface area contributed by atoms with Gasteiger partial charge in [0.15, 0.2) is 6.10 Å². The third-order valence-corrected chi connectivity index (χ3v) is 6.74. The van der Waals surface area contributed by atoms with Gasteiger partial charge in [0.25, 0.3) is 11.8 Å². The van der Waals surface area contributed by atoms with E-state index in [4.69, 9.17) is 9.47 Å². The van der Waals surface area contributed by atoms with Crippen molar-refractivity contribution in [3.8, 4) is 28.0 Å². The second-order valence-electron chi connectivity index (χ2n) is 9.50. The summed E-state index contributed by atoms with van der Waals surface area (Å²) in [6, 6.07) is 14.7. The number of hydrogen-bond acceptors (Lipinski definition) is 7. The molecule has 2 aromatic carbocycles. The molecule has 2 N–H and O–H groups in total. The lowest BCUT2D eigenvalue weighted by Crippen LogP contribution is -2.32. The fourth-order valence-corrected chi connectivity index (χ4v) is 4.58. The Bertz CT molecular complexity index is 1660. The first-order valence-electron chi connectivity index (χ1n) is 12.4. The number of methoxy groups -OCH3 is 1. The van der Waals surface area contributed by atoms with Crippen LogP contribution in [0, 0.1) is 0 Å². The van der Waals surface area contributed by atoms with Crippen molar-refractivity contribution in [2.24, 2.45) is 0 Å². The van der Waals surface area contributed by atoms with Crippen LogP contribution in [0.3, 0.4) is 0 Å². The molecule has 5 rings (SSSR count). The van der Waals surface area contributed by atoms with E-state index in [1.165, 1.54) is 11.9 Å². The number of pyridine rings is 1. The number of benzene rings is 2. The van der Waals surface area contributed by atoms with Gasteiger partial charge in [0.05, 0.1) is 24.8 Å². The van der Waals surface area contributed by atoms with Crippen LogP contribution in [-0.2, 0) is 14.3 Å². The molecule has 0 aliphatic carbocycles. The van der Waals surface area contributed by atoms with Crippen LogP contribution in [0.1, 0.15) is 16.8 Å². The Morgan fingerprint density at radius 2 is 1.85 bits per heavy atom. The van der Waals surface area contributed by atoms with Gasteiger partial charge >= 0.3 is 6.09 Å². The first-order valence-corrected chi connectivity index (χ1v) is 12.4. The lowest BCUT2D eigenvalue weighted by Gasteiger charge is -2.17. The predicted molar refractivity (Wildman–Crippen MR) is 148 cm³/mol. The van der Waals surface area contributed by atoms with Gasteiger partial charge < -0.3 is 19.4 Å². The van der Waals surface area contributed by atoms with E-state index in [1.54, 1.807) is 45.6 Å². The first-order chi connectivity index (χ1) is 19.2. The van der Waals surface area contributed by atoms with Gasteiger partial charge in [-0.2, -0.15) is 0 Å². The number of aromatic amines is 1. The summed E-state index contributed by atoms with van der Waals surface area (Å²) in [6.45, 7) is 0. The monoisotopic (exact) mass is 541 g/mol. The zero-order valence-electron chi connectivity index (χ0n) is 22.3. The number of likely N-dealkylation sites (tertiary alicyclic amines) is 1. The molecule has 1 fully saturated rings. The van der Waals surface area contributed by atoms with E-state index in [0.717, 1.165) is 32.7 Å². The van der Waals surface area contributed by atoms with E-state index in [0.29, 0.717) is 11.2 Å². The van der Waals surface area contributed by atoms with Crippen molar-refractivity contribution < 1.29 is 28.7 Å². The number of amides is 4. The van der Waals surface area contributed by atoms with Crippen molar-refractivity contribution in [2.45, 2.75) is 12.5 Å². The van der Waals surface area contributed by atoms with Crippen molar-refractivity contribution in [3.05, 3.63) is 66.5 Å². The largest absolute Gasteiger partial charge is 0.496 e. The molecule has 0 saturated carbocycles.